The Morgan fingerprint density at radius 1 is 1.39 bits per heavy atom. The third-order valence-corrected chi connectivity index (χ3v) is 2.44. The zero-order valence-electron chi connectivity index (χ0n) is 10.9. The van der Waals surface area contributed by atoms with Crippen LogP contribution >= 0.6 is 0 Å². The number of aliphatic hydroxyl groups is 1. The third-order valence-electron chi connectivity index (χ3n) is 2.44. The normalized spacial score (nSPS) is 11.8. The second-order valence-electron chi connectivity index (χ2n) is 4.01. The van der Waals surface area contributed by atoms with E-state index in [2.05, 4.69) is 5.32 Å². The standard InChI is InChI=1S/C13H19NO4/c1-9(15)8-14-13(16)6-10-4-5-11(17-2)7-12(10)18-3/h4-5,7,9,15H,6,8H2,1-3H3,(H,14,16)/t9-/m1/s1. The Morgan fingerprint density at radius 3 is 2.67 bits per heavy atom. The summed E-state index contributed by atoms with van der Waals surface area (Å²) in [6, 6.07) is 5.30. The first kappa shape index (κ1) is 14.3. The van der Waals surface area contributed by atoms with Crippen molar-refractivity contribution in [1.82, 2.24) is 5.32 Å². The molecular formula is C13H19NO4. The van der Waals surface area contributed by atoms with Crippen molar-refractivity contribution in [3.05, 3.63) is 23.8 Å². The molecule has 0 aliphatic rings. The Hall–Kier alpha value is -1.75. The number of nitrogens with one attached hydrogen (secondary N) is 1. The van der Waals surface area contributed by atoms with Gasteiger partial charge in [0.25, 0.3) is 0 Å². The number of hydrogen-bond acceptors (Lipinski definition) is 4. The van der Waals surface area contributed by atoms with Crippen molar-refractivity contribution >= 4 is 5.91 Å². The van der Waals surface area contributed by atoms with Crippen molar-refractivity contribution < 1.29 is 19.4 Å². The molecule has 18 heavy (non-hydrogen) atoms. The first-order chi connectivity index (χ1) is 8.56. The summed E-state index contributed by atoms with van der Waals surface area (Å²) in [5.41, 5.74) is 0.779. The summed E-state index contributed by atoms with van der Waals surface area (Å²) < 4.78 is 10.3. The maximum atomic E-state index is 11.6. The fourth-order valence-electron chi connectivity index (χ4n) is 1.49. The van der Waals surface area contributed by atoms with Crippen molar-refractivity contribution in [2.24, 2.45) is 0 Å². The van der Waals surface area contributed by atoms with Crippen LogP contribution in [0.3, 0.4) is 0 Å². The lowest BCUT2D eigenvalue weighted by Gasteiger charge is -2.11. The molecule has 0 aliphatic heterocycles. The molecule has 0 bridgehead atoms. The molecule has 0 radical (unpaired) electrons. The van der Waals surface area contributed by atoms with Crippen molar-refractivity contribution in [2.45, 2.75) is 19.4 Å². The van der Waals surface area contributed by atoms with Crippen LogP contribution in [-0.4, -0.2) is 37.9 Å². The van der Waals surface area contributed by atoms with Gasteiger partial charge in [-0.1, -0.05) is 6.07 Å². The van der Waals surface area contributed by atoms with Gasteiger partial charge in [0.05, 0.1) is 26.7 Å². The Labute approximate surface area is 107 Å². The van der Waals surface area contributed by atoms with Crippen LogP contribution < -0.4 is 14.8 Å². The molecule has 1 amide bonds. The summed E-state index contributed by atoms with van der Waals surface area (Å²) in [4.78, 5) is 11.6. The van der Waals surface area contributed by atoms with Crippen LogP contribution in [0.25, 0.3) is 0 Å². The number of rotatable bonds is 6. The summed E-state index contributed by atoms with van der Waals surface area (Å²) in [5, 5.41) is 11.7. The highest BCUT2D eigenvalue weighted by Crippen LogP contribution is 2.24. The molecule has 1 rings (SSSR count). The lowest BCUT2D eigenvalue weighted by molar-refractivity contribution is -0.120. The van der Waals surface area contributed by atoms with Crippen LogP contribution in [0.1, 0.15) is 12.5 Å². The van der Waals surface area contributed by atoms with Gasteiger partial charge in [0.15, 0.2) is 0 Å². The predicted molar refractivity (Wildman–Crippen MR) is 67.9 cm³/mol. The Morgan fingerprint density at radius 2 is 2.11 bits per heavy atom. The van der Waals surface area contributed by atoms with E-state index < -0.39 is 6.10 Å². The minimum Gasteiger partial charge on any atom is -0.497 e. The van der Waals surface area contributed by atoms with E-state index in [1.54, 1.807) is 39.3 Å². The Balaban J connectivity index is 2.68. The first-order valence-corrected chi connectivity index (χ1v) is 5.72. The van der Waals surface area contributed by atoms with E-state index in [-0.39, 0.29) is 18.9 Å². The molecule has 0 aromatic heterocycles. The molecule has 0 unspecified atom stereocenters. The number of carbonyl (C=O) groups is 1. The van der Waals surface area contributed by atoms with Gasteiger partial charge in [0, 0.05) is 18.2 Å². The minimum atomic E-state index is -0.549. The van der Waals surface area contributed by atoms with Crippen molar-refractivity contribution in [1.29, 1.82) is 0 Å². The van der Waals surface area contributed by atoms with Gasteiger partial charge in [0.2, 0.25) is 5.91 Å². The molecule has 5 nitrogen and oxygen atoms in total. The highest BCUT2D eigenvalue weighted by molar-refractivity contribution is 5.79. The quantitative estimate of drug-likeness (QED) is 0.785. The predicted octanol–water partition coefficient (Wildman–Crippen LogP) is 0.743. The van der Waals surface area contributed by atoms with E-state index in [1.165, 1.54) is 0 Å². The van der Waals surface area contributed by atoms with Crippen LogP contribution in [0.2, 0.25) is 0 Å². The SMILES string of the molecule is COc1ccc(CC(=O)NC[C@@H](C)O)c(OC)c1. The number of aliphatic hydroxyl groups excluding tert-OH is 1. The molecule has 100 valence electrons. The number of benzene rings is 1. The topological polar surface area (TPSA) is 67.8 Å². The highest BCUT2D eigenvalue weighted by atomic mass is 16.5. The van der Waals surface area contributed by atoms with Gasteiger partial charge in [-0.15, -0.1) is 0 Å². The monoisotopic (exact) mass is 253 g/mol. The molecular weight excluding hydrogens is 234 g/mol. The maximum Gasteiger partial charge on any atom is 0.224 e. The highest BCUT2D eigenvalue weighted by Gasteiger charge is 2.10. The maximum absolute atomic E-state index is 11.6. The fraction of sp³-hybridized carbons (Fsp3) is 0.462. The molecule has 1 aromatic rings. The van der Waals surface area contributed by atoms with Crippen LogP contribution in [0.4, 0.5) is 0 Å². The number of carbonyl (C=O) groups excluding carboxylic acids is 1. The molecule has 1 atom stereocenters. The summed E-state index contributed by atoms with van der Waals surface area (Å²) >= 11 is 0. The molecule has 0 aliphatic carbocycles. The van der Waals surface area contributed by atoms with E-state index in [0.29, 0.717) is 11.5 Å². The summed E-state index contributed by atoms with van der Waals surface area (Å²) in [6.07, 6.45) is -0.341. The van der Waals surface area contributed by atoms with Crippen molar-refractivity contribution in [3.63, 3.8) is 0 Å². The van der Waals surface area contributed by atoms with E-state index >= 15 is 0 Å². The molecule has 0 saturated heterocycles. The van der Waals surface area contributed by atoms with Gasteiger partial charge < -0.3 is 19.9 Å². The second-order valence-corrected chi connectivity index (χ2v) is 4.01. The van der Waals surface area contributed by atoms with Crippen LogP contribution in [0.5, 0.6) is 11.5 Å². The number of methoxy groups -OCH3 is 2. The van der Waals surface area contributed by atoms with E-state index in [1.807, 2.05) is 0 Å². The van der Waals surface area contributed by atoms with Crippen LogP contribution in [0.15, 0.2) is 18.2 Å². The van der Waals surface area contributed by atoms with E-state index in [4.69, 9.17) is 14.6 Å². The molecule has 2 N–H and O–H groups in total. The van der Waals surface area contributed by atoms with Crippen molar-refractivity contribution in [3.8, 4) is 11.5 Å². The van der Waals surface area contributed by atoms with Gasteiger partial charge in [-0.25, -0.2) is 0 Å². The number of amides is 1. The van der Waals surface area contributed by atoms with Gasteiger partial charge in [-0.3, -0.25) is 4.79 Å². The minimum absolute atomic E-state index is 0.153. The number of ether oxygens (including phenoxy) is 2. The largest absolute Gasteiger partial charge is 0.497 e. The first-order valence-electron chi connectivity index (χ1n) is 5.72. The van der Waals surface area contributed by atoms with Crippen LogP contribution in [0, 0.1) is 0 Å². The molecule has 0 heterocycles. The molecule has 0 spiro atoms. The molecule has 0 saturated carbocycles. The molecule has 0 fully saturated rings. The Bertz CT molecular complexity index is 404. The van der Waals surface area contributed by atoms with Crippen LogP contribution in [-0.2, 0) is 11.2 Å². The summed E-state index contributed by atoms with van der Waals surface area (Å²) in [7, 11) is 3.12. The lowest BCUT2D eigenvalue weighted by Crippen LogP contribution is -2.31. The van der Waals surface area contributed by atoms with Gasteiger partial charge in [0.1, 0.15) is 11.5 Å². The zero-order valence-corrected chi connectivity index (χ0v) is 10.9. The van der Waals surface area contributed by atoms with E-state index in [9.17, 15) is 4.79 Å². The lowest BCUT2D eigenvalue weighted by atomic mass is 10.1. The molecule has 5 heteroatoms. The number of hydrogen-bond donors (Lipinski definition) is 2. The van der Waals surface area contributed by atoms with E-state index in [0.717, 1.165) is 5.56 Å². The zero-order chi connectivity index (χ0) is 13.5. The average Bonchev–Trinajstić information content (AvgIpc) is 2.36. The Kier molecular flexibility index (Phi) is 5.45. The van der Waals surface area contributed by atoms with Gasteiger partial charge in [-0.05, 0) is 13.0 Å². The molecule has 1 aromatic carbocycles. The average molecular weight is 253 g/mol. The van der Waals surface area contributed by atoms with Gasteiger partial charge in [-0.2, -0.15) is 0 Å². The summed E-state index contributed by atoms with van der Waals surface area (Å²) in [6.45, 7) is 1.87. The smallest absolute Gasteiger partial charge is 0.224 e. The fourth-order valence-corrected chi connectivity index (χ4v) is 1.49. The van der Waals surface area contributed by atoms with Gasteiger partial charge >= 0.3 is 0 Å². The summed E-state index contributed by atoms with van der Waals surface area (Å²) in [5.74, 6) is 1.14. The second kappa shape index (κ2) is 6.86. The third kappa shape index (κ3) is 4.25. The van der Waals surface area contributed by atoms with Crippen molar-refractivity contribution in [2.75, 3.05) is 20.8 Å².